The molecule has 1 unspecified atom stereocenters. The molecule has 2 aromatic rings. The lowest BCUT2D eigenvalue weighted by Crippen LogP contribution is -2.28. The van der Waals surface area contributed by atoms with Crippen molar-refractivity contribution in [2.75, 3.05) is 18.8 Å². The van der Waals surface area contributed by atoms with Crippen molar-refractivity contribution in [3.05, 3.63) is 64.7 Å². The van der Waals surface area contributed by atoms with Crippen molar-refractivity contribution >= 4 is 23.2 Å². The molecule has 0 radical (unpaired) electrons. The Bertz CT molecular complexity index is 657. The Labute approximate surface area is 129 Å². The van der Waals surface area contributed by atoms with Crippen LogP contribution in [0.2, 0.25) is 5.02 Å². The fourth-order valence-corrected chi connectivity index (χ4v) is 3.02. The first-order chi connectivity index (χ1) is 10.1. The van der Waals surface area contributed by atoms with E-state index in [4.69, 9.17) is 17.3 Å². The second-order valence-electron chi connectivity index (χ2n) is 5.39. The van der Waals surface area contributed by atoms with Gasteiger partial charge in [-0.15, -0.1) is 0 Å². The molecule has 2 N–H and O–H groups in total. The van der Waals surface area contributed by atoms with Gasteiger partial charge in [0.25, 0.3) is 5.91 Å². The number of carbonyl (C=O) groups excluding carboxylic acids is 1. The van der Waals surface area contributed by atoms with Crippen molar-refractivity contribution in [2.45, 2.75) is 12.3 Å². The van der Waals surface area contributed by atoms with Gasteiger partial charge in [0, 0.05) is 24.7 Å². The van der Waals surface area contributed by atoms with Crippen molar-refractivity contribution in [1.82, 2.24) is 4.90 Å². The van der Waals surface area contributed by atoms with Gasteiger partial charge in [0.2, 0.25) is 0 Å². The van der Waals surface area contributed by atoms with E-state index in [0.29, 0.717) is 22.2 Å². The van der Waals surface area contributed by atoms with Crippen LogP contribution >= 0.6 is 11.6 Å². The number of likely N-dealkylation sites (tertiary alicyclic amines) is 1. The third-order valence-electron chi connectivity index (χ3n) is 3.97. The SMILES string of the molecule is Nc1ccc(Cl)c(C(=O)N2CCC(c3ccccc3)C2)c1. The van der Waals surface area contributed by atoms with Crippen LogP contribution in [0.5, 0.6) is 0 Å². The third kappa shape index (κ3) is 2.88. The van der Waals surface area contributed by atoms with Gasteiger partial charge in [-0.05, 0) is 30.2 Å². The second kappa shape index (κ2) is 5.78. The van der Waals surface area contributed by atoms with Gasteiger partial charge < -0.3 is 10.6 Å². The molecule has 0 bridgehead atoms. The Kier molecular flexibility index (Phi) is 3.84. The summed E-state index contributed by atoms with van der Waals surface area (Å²) in [5, 5.41) is 0.456. The van der Waals surface area contributed by atoms with Crippen LogP contribution in [0.4, 0.5) is 5.69 Å². The average molecular weight is 301 g/mol. The normalized spacial score (nSPS) is 18.0. The van der Waals surface area contributed by atoms with E-state index in [1.807, 2.05) is 23.1 Å². The fourth-order valence-electron chi connectivity index (χ4n) is 2.82. The first kappa shape index (κ1) is 14.0. The molecule has 1 aliphatic rings. The van der Waals surface area contributed by atoms with Crippen molar-refractivity contribution in [3.8, 4) is 0 Å². The minimum absolute atomic E-state index is 0.0364. The molecule has 1 aliphatic heterocycles. The molecular formula is C17H17ClN2O. The molecule has 108 valence electrons. The number of halogens is 1. The minimum atomic E-state index is -0.0364. The lowest BCUT2D eigenvalue weighted by atomic mass is 9.99. The molecule has 0 saturated carbocycles. The summed E-state index contributed by atoms with van der Waals surface area (Å²) >= 11 is 6.12. The van der Waals surface area contributed by atoms with Crippen LogP contribution in [0.1, 0.15) is 28.3 Å². The molecule has 3 nitrogen and oxygen atoms in total. The maximum atomic E-state index is 12.6. The summed E-state index contributed by atoms with van der Waals surface area (Å²) in [6.07, 6.45) is 0.982. The average Bonchev–Trinajstić information content (AvgIpc) is 3.00. The fraction of sp³-hybridized carbons (Fsp3) is 0.235. The molecule has 0 aromatic heterocycles. The number of hydrogen-bond acceptors (Lipinski definition) is 2. The van der Waals surface area contributed by atoms with E-state index in [-0.39, 0.29) is 5.91 Å². The van der Waals surface area contributed by atoms with E-state index in [9.17, 15) is 4.79 Å². The van der Waals surface area contributed by atoms with Gasteiger partial charge in [-0.3, -0.25) is 4.79 Å². The van der Waals surface area contributed by atoms with Crippen LogP contribution in [0.3, 0.4) is 0 Å². The zero-order valence-corrected chi connectivity index (χ0v) is 12.4. The van der Waals surface area contributed by atoms with Gasteiger partial charge in [-0.1, -0.05) is 41.9 Å². The number of benzene rings is 2. The summed E-state index contributed by atoms with van der Waals surface area (Å²) in [6.45, 7) is 1.48. The molecule has 0 aliphatic carbocycles. The molecule has 4 heteroatoms. The summed E-state index contributed by atoms with van der Waals surface area (Å²) in [4.78, 5) is 14.4. The first-order valence-corrected chi connectivity index (χ1v) is 7.42. The third-order valence-corrected chi connectivity index (χ3v) is 4.30. The molecule has 1 heterocycles. The summed E-state index contributed by atoms with van der Waals surface area (Å²) in [5.74, 6) is 0.362. The first-order valence-electron chi connectivity index (χ1n) is 7.04. The van der Waals surface area contributed by atoms with Gasteiger partial charge in [-0.2, -0.15) is 0 Å². The highest BCUT2D eigenvalue weighted by Crippen LogP contribution is 2.29. The number of carbonyl (C=O) groups is 1. The lowest BCUT2D eigenvalue weighted by molar-refractivity contribution is 0.0791. The number of nitrogen functional groups attached to an aromatic ring is 1. The molecule has 1 atom stereocenters. The van der Waals surface area contributed by atoms with Crippen LogP contribution in [0, 0.1) is 0 Å². The molecule has 1 fully saturated rings. The Balaban J connectivity index is 1.77. The largest absolute Gasteiger partial charge is 0.399 e. The van der Waals surface area contributed by atoms with Crippen LogP contribution in [0.15, 0.2) is 48.5 Å². The monoisotopic (exact) mass is 300 g/mol. The van der Waals surface area contributed by atoms with Gasteiger partial charge in [-0.25, -0.2) is 0 Å². The molecular weight excluding hydrogens is 284 g/mol. The molecule has 0 spiro atoms. The van der Waals surface area contributed by atoms with Crippen molar-refractivity contribution in [1.29, 1.82) is 0 Å². The number of hydrogen-bond donors (Lipinski definition) is 1. The smallest absolute Gasteiger partial charge is 0.255 e. The molecule has 3 rings (SSSR count). The quantitative estimate of drug-likeness (QED) is 0.862. The van der Waals surface area contributed by atoms with Gasteiger partial charge in [0.05, 0.1) is 10.6 Å². The molecule has 21 heavy (non-hydrogen) atoms. The maximum Gasteiger partial charge on any atom is 0.255 e. The second-order valence-corrected chi connectivity index (χ2v) is 5.79. The summed E-state index contributed by atoms with van der Waals surface area (Å²) in [5.41, 5.74) is 8.08. The van der Waals surface area contributed by atoms with Crippen molar-refractivity contribution in [2.24, 2.45) is 0 Å². The topological polar surface area (TPSA) is 46.3 Å². The van der Waals surface area contributed by atoms with E-state index in [1.54, 1.807) is 18.2 Å². The highest BCUT2D eigenvalue weighted by atomic mass is 35.5. The summed E-state index contributed by atoms with van der Waals surface area (Å²) in [7, 11) is 0. The standard InChI is InChI=1S/C17H17ClN2O/c18-16-7-6-14(19)10-15(16)17(21)20-9-8-13(11-20)12-4-2-1-3-5-12/h1-7,10,13H,8-9,11,19H2. The Hall–Kier alpha value is -2.00. The number of anilines is 1. The number of nitrogens with two attached hydrogens (primary N) is 1. The maximum absolute atomic E-state index is 12.6. The van der Waals surface area contributed by atoms with E-state index < -0.39 is 0 Å². The molecule has 1 amide bonds. The van der Waals surface area contributed by atoms with Gasteiger partial charge in [0.15, 0.2) is 0 Å². The number of nitrogens with zero attached hydrogens (tertiary/aromatic N) is 1. The Morgan fingerprint density at radius 3 is 2.71 bits per heavy atom. The zero-order valence-electron chi connectivity index (χ0n) is 11.6. The highest BCUT2D eigenvalue weighted by molar-refractivity contribution is 6.34. The highest BCUT2D eigenvalue weighted by Gasteiger charge is 2.28. The molecule has 2 aromatic carbocycles. The van der Waals surface area contributed by atoms with Gasteiger partial charge >= 0.3 is 0 Å². The van der Waals surface area contributed by atoms with Crippen LogP contribution in [-0.2, 0) is 0 Å². The van der Waals surface area contributed by atoms with E-state index in [2.05, 4.69) is 12.1 Å². The lowest BCUT2D eigenvalue weighted by Gasteiger charge is -2.18. The van der Waals surface area contributed by atoms with Crippen molar-refractivity contribution < 1.29 is 4.79 Å². The van der Waals surface area contributed by atoms with Crippen LogP contribution < -0.4 is 5.73 Å². The van der Waals surface area contributed by atoms with Crippen LogP contribution in [-0.4, -0.2) is 23.9 Å². The van der Waals surface area contributed by atoms with Crippen LogP contribution in [0.25, 0.3) is 0 Å². The van der Waals surface area contributed by atoms with E-state index in [1.165, 1.54) is 5.56 Å². The Morgan fingerprint density at radius 2 is 1.95 bits per heavy atom. The van der Waals surface area contributed by atoms with Gasteiger partial charge in [0.1, 0.15) is 0 Å². The van der Waals surface area contributed by atoms with E-state index >= 15 is 0 Å². The summed E-state index contributed by atoms with van der Waals surface area (Å²) < 4.78 is 0. The summed E-state index contributed by atoms with van der Waals surface area (Å²) in [6, 6.07) is 15.3. The Morgan fingerprint density at radius 1 is 1.19 bits per heavy atom. The number of rotatable bonds is 2. The number of amides is 1. The zero-order chi connectivity index (χ0) is 14.8. The van der Waals surface area contributed by atoms with Crippen molar-refractivity contribution in [3.63, 3.8) is 0 Å². The van der Waals surface area contributed by atoms with E-state index in [0.717, 1.165) is 19.5 Å². The predicted octanol–water partition coefficient (Wildman–Crippen LogP) is 3.55. The minimum Gasteiger partial charge on any atom is -0.399 e. The molecule has 1 saturated heterocycles. The predicted molar refractivity (Wildman–Crippen MR) is 85.6 cm³/mol.